The molecule has 2 aromatic rings. The van der Waals surface area contributed by atoms with Gasteiger partial charge in [0.15, 0.2) is 11.5 Å². The predicted molar refractivity (Wildman–Crippen MR) is 105 cm³/mol. The van der Waals surface area contributed by atoms with Crippen molar-refractivity contribution in [3.8, 4) is 17.2 Å². The molecule has 158 valence electrons. The number of H-pyrrole nitrogens is 1. The summed E-state index contributed by atoms with van der Waals surface area (Å²) < 4.78 is 10.4. The number of carbonyl (C=O) groups is 3. The molecule has 12 heteroatoms. The number of nitrogens with zero attached hydrogens (tertiary/aromatic N) is 1. The summed E-state index contributed by atoms with van der Waals surface area (Å²) in [5, 5.41) is 18.9. The lowest BCUT2D eigenvalue weighted by Gasteiger charge is -2.30. The zero-order valence-electron chi connectivity index (χ0n) is 15.7. The van der Waals surface area contributed by atoms with Crippen LogP contribution in [0.5, 0.6) is 17.2 Å². The lowest BCUT2D eigenvalue weighted by Crippen LogP contribution is -2.36. The Balaban J connectivity index is 1.90. The van der Waals surface area contributed by atoms with E-state index >= 15 is 0 Å². The van der Waals surface area contributed by atoms with Gasteiger partial charge in [-0.25, -0.2) is 0 Å². The molecular weight excluding hydrogens is 436 g/mol. The molecule has 1 saturated heterocycles. The average molecular weight is 452 g/mol. The number of fused-ring (bicyclic) bond motifs is 2. The van der Waals surface area contributed by atoms with E-state index in [0.717, 1.165) is 28.0 Å². The maximum absolute atomic E-state index is 13.1. The molecule has 4 rings (SSSR count). The molecule has 2 aliphatic rings. The number of hydrogen-bond acceptors (Lipinski definition) is 9. The summed E-state index contributed by atoms with van der Waals surface area (Å²) in [5.41, 5.74) is 0.492. The number of aliphatic carboxylic acids is 1. The third-order valence-electron chi connectivity index (χ3n) is 5.07. The third-order valence-corrected chi connectivity index (χ3v) is 7.47. The Hall–Kier alpha value is -2.99. The Bertz CT molecular complexity index is 1100. The van der Waals surface area contributed by atoms with Crippen molar-refractivity contribution in [3.05, 3.63) is 32.2 Å². The minimum atomic E-state index is -1.30. The first-order chi connectivity index (χ1) is 14.3. The normalized spacial score (nSPS) is 22.6. The Labute approximate surface area is 177 Å². The summed E-state index contributed by atoms with van der Waals surface area (Å²) in [6.07, 6.45) is 0. The highest BCUT2D eigenvalue weighted by Gasteiger charge is 2.56. The SMILES string of the molecule is COc1cc([C@@H]2c3sc(=O)[nH]c3S[C@@H]3C(=O)N(CC(=O)O)C(=O)[C@H]23)cc(OC)c1O. The Kier molecular flexibility index (Phi) is 4.98. The molecule has 0 radical (unpaired) electrons. The predicted octanol–water partition coefficient (Wildman–Crippen LogP) is 0.835. The number of carboxylic acids is 1. The van der Waals surface area contributed by atoms with Crippen molar-refractivity contribution in [2.45, 2.75) is 16.2 Å². The number of imide groups is 1. The van der Waals surface area contributed by atoms with Gasteiger partial charge in [0.2, 0.25) is 17.6 Å². The lowest BCUT2D eigenvalue weighted by molar-refractivity contribution is -0.149. The molecule has 10 nitrogen and oxygen atoms in total. The van der Waals surface area contributed by atoms with E-state index in [1.54, 1.807) is 0 Å². The topological polar surface area (TPSA) is 146 Å². The molecule has 0 saturated carbocycles. The van der Waals surface area contributed by atoms with Gasteiger partial charge in [0, 0.05) is 10.8 Å². The number of phenols is 1. The molecule has 3 heterocycles. The smallest absolute Gasteiger partial charge is 0.323 e. The number of rotatable bonds is 5. The van der Waals surface area contributed by atoms with Crippen molar-refractivity contribution in [3.63, 3.8) is 0 Å². The first-order valence-corrected chi connectivity index (χ1v) is 10.4. The van der Waals surface area contributed by atoms with Crippen molar-refractivity contribution in [2.24, 2.45) is 5.92 Å². The fourth-order valence-corrected chi connectivity index (χ4v) is 6.35. The van der Waals surface area contributed by atoms with E-state index < -0.39 is 41.4 Å². The van der Waals surface area contributed by atoms with Gasteiger partial charge in [-0.15, -0.1) is 0 Å². The number of ether oxygens (including phenoxy) is 2. The fourth-order valence-electron chi connectivity index (χ4n) is 3.82. The van der Waals surface area contributed by atoms with Gasteiger partial charge in [-0.1, -0.05) is 23.1 Å². The third kappa shape index (κ3) is 3.03. The maximum atomic E-state index is 13.1. The van der Waals surface area contributed by atoms with E-state index in [-0.39, 0.29) is 22.1 Å². The van der Waals surface area contributed by atoms with Gasteiger partial charge in [-0.05, 0) is 17.7 Å². The van der Waals surface area contributed by atoms with Gasteiger partial charge in [0.1, 0.15) is 11.8 Å². The lowest BCUT2D eigenvalue weighted by atomic mass is 9.83. The van der Waals surface area contributed by atoms with Gasteiger partial charge in [0.25, 0.3) is 0 Å². The summed E-state index contributed by atoms with van der Waals surface area (Å²) in [5.74, 6) is -4.21. The molecule has 2 amide bonds. The highest BCUT2D eigenvalue weighted by Crippen LogP contribution is 2.54. The minimum absolute atomic E-state index is 0.0997. The molecule has 3 N–H and O–H groups in total. The minimum Gasteiger partial charge on any atom is -0.502 e. The number of phenolic OH excluding ortho intramolecular Hbond substituents is 1. The van der Waals surface area contributed by atoms with E-state index in [2.05, 4.69) is 4.98 Å². The van der Waals surface area contributed by atoms with Crippen LogP contribution in [0.15, 0.2) is 22.0 Å². The quantitative estimate of drug-likeness (QED) is 0.562. The zero-order valence-corrected chi connectivity index (χ0v) is 17.3. The number of thioether (sulfide) groups is 1. The summed E-state index contributed by atoms with van der Waals surface area (Å²) in [6, 6.07) is 3.03. The van der Waals surface area contributed by atoms with Crippen LogP contribution in [-0.4, -0.2) is 63.9 Å². The number of methoxy groups -OCH3 is 2. The van der Waals surface area contributed by atoms with E-state index in [1.807, 2.05) is 0 Å². The van der Waals surface area contributed by atoms with Gasteiger partial charge in [0.05, 0.1) is 25.2 Å². The standard InChI is InChI=1S/C18H16N2O8S2/c1-27-7-3-6(4-8(28-2)12(7)23)10-11-14(29-15-13(10)30-18(26)19-15)17(25)20(16(11)24)5-9(21)22/h3-4,10-11,14,23H,5H2,1-2H3,(H,19,26)(H,21,22)/t10-,11+,14-/m0/s1. The maximum Gasteiger partial charge on any atom is 0.323 e. The molecule has 0 spiro atoms. The molecule has 1 aromatic heterocycles. The van der Waals surface area contributed by atoms with Gasteiger partial charge < -0.3 is 24.7 Å². The number of thiazole rings is 1. The number of likely N-dealkylation sites (tertiary alicyclic amines) is 1. The number of aromatic hydroxyl groups is 1. The number of carbonyl (C=O) groups excluding carboxylic acids is 2. The van der Waals surface area contributed by atoms with Crippen LogP contribution in [0.2, 0.25) is 0 Å². The van der Waals surface area contributed by atoms with E-state index in [1.165, 1.54) is 26.4 Å². The largest absolute Gasteiger partial charge is 0.502 e. The second-order valence-electron chi connectivity index (χ2n) is 6.68. The van der Waals surface area contributed by atoms with E-state index in [9.17, 15) is 24.3 Å². The van der Waals surface area contributed by atoms with Crippen LogP contribution in [0.3, 0.4) is 0 Å². The van der Waals surface area contributed by atoms with Crippen molar-refractivity contribution in [2.75, 3.05) is 20.8 Å². The van der Waals surface area contributed by atoms with Crippen LogP contribution in [0.25, 0.3) is 0 Å². The van der Waals surface area contributed by atoms with Gasteiger partial charge >= 0.3 is 10.8 Å². The van der Waals surface area contributed by atoms with Crippen LogP contribution < -0.4 is 14.3 Å². The number of aromatic amines is 1. The first kappa shape index (κ1) is 20.3. The number of aromatic nitrogens is 1. The first-order valence-electron chi connectivity index (χ1n) is 8.68. The summed E-state index contributed by atoms with van der Waals surface area (Å²) in [4.78, 5) is 52.7. The highest BCUT2D eigenvalue weighted by atomic mass is 32.2. The van der Waals surface area contributed by atoms with Crippen LogP contribution in [-0.2, 0) is 14.4 Å². The molecule has 0 unspecified atom stereocenters. The Morgan fingerprint density at radius 3 is 2.37 bits per heavy atom. The number of carboxylic acid groups (broad SMARTS) is 1. The highest BCUT2D eigenvalue weighted by molar-refractivity contribution is 8.00. The second kappa shape index (κ2) is 7.36. The molecule has 30 heavy (non-hydrogen) atoms. The number of hydrogen-bond donors (Lipinski definition) is 3. The average Bonchev–Trinajstić information content (AvgIpc) is 3.18. The van der Waals surface area contributed by atoms with Gasteiger partial charge in [-0.2, -0.15) is 0 Å². The molecule has 3 atom stereocenters. The summed E-state index contributed by atoms with van der Waals surface area (Å²) in [6.45, 7) is -0.732. The zero-order chi connectivity index (χ0) is 21.7. The molecule has 2 aliphatic heterocycles. The monoisotopic (exact) mass is 452 g/mol. The Morgan fingerprint density at radius 1 is 1.17 bits per heavy atom. The van der Waals surface area contributed by atoms with E-state index in [0.29, 0.717) is 15.5 Å². The van der Waals surface area contributed by atoms with Gasteiger partial charge in [-0.3, -0.25) is 24.1 Å². The molecule has 1 aromatic carbocycles. The van der Waals surface area contributed by atoms with Crippen LogP contribution in [0.4, 0.5) is 0 Å². The van der Waals surface area contributed by atoms with Crippen molar-refractivity contribution in [1.29, 1.82) is 0 Å². The van der Waals surface area contributed by atoms with Crippen molar-refractivity contribution < 1.29 is 34.1 Å². The van der Waals surface area contributed by atoms with Crippen LogP contribution in [0.1, 0.15) is 16.4 Å². The second-order valence-corrected chi connectivity index (χ2v) is 8.85. The molecule has 0 bridgehead atoms. The van der Waals surface area contributed by atoms with Crippen molar-refractivity contribution >= 4 is 40.9 Å². The summed E-state index contributed by atoms with van der Waals surface area (Å²) >= 11 is 1.97. The van der Waals surface area contributed by atoms with E-state index in [4.69, 9.17) is 14.6 Å². The molecule has 1 fully saturated rings. The number of amides is 2. The number of benzene rings is 1. The Morgan fingerprint density at radius 2 is 1.80 bits per heavy atom. The number of nitrogens with one attached hydrogen (secondary N) is 1. The van der Waals surface area contributed by atoms with Crippen molar-refractivity contribution in [1.82, 2.24) is 9.88 Å². The van der Waals surface area contributed by atoms with Crippen LogP contribution in [0, 0.1) is 5.92 Å². The fraction of sp³-hybridized carbons (Fsp3) is 0.333. The molecular formula is C18H16N2O8S2. The summed E-state index contributed by atoms with van der Waals surface area (Å²) in [7, 11) is 2.72. The van der Waals surface area contributed by atoms with Crippen LogP contribution >= 0.6 is 23.1 Å². The molecule has 0 aliphatic carbocycles.